The lowest BCUT2D eigenvalue weighted by atomic mass is 9.89. The number of amides is 1. The van der Waals surface area contributed by atoms with Crippen molar-refractivity contribution in [3.05, 3.63) is 65.2 Å². The first-order valence-electron chi connectivity index (χ1n) is 10.3. The summed E-state index contributed by atoms with van der Waals surface area (Å²) in [5.41, 5.74) is 1.60. The number of ether oxygens (including phenoxy) is 1. The van der Waals surface area contributed by atoms with Gasteiger partial charge in [0, 0.05) is 11.3 Å². The lowest BCUT2D eigenvalue weighted by Gasteiger charge is -2.19. The van der Waals surface area contributed by atoms with Gasteiger partial charge in [0.1, 0.15) is 17.4 Å². The first-order chi connectivity index (χ1) is 15.0. The third-order valence-electron chi connectivity index (χ3n) is 5.26. The van der Waals surface area contributed by atoms with E-state index in [0.717, 1.165) is 25.7 Å². The van der Waals surface area contributed by atoms with Crippen LogP contribution in [-0.4, -0.2) is 17.7 Å². The van der Waals surface area contributed by atoms with Gasteiger partial charge in [-0.3, -0.25) is 14.4 Å². The average Bonchev–Trinajstić information content (AvgIpc) is 2.79. The van der Waals surface area contributed by atoms with Crippen LogP contribution in [-0.2, 0) is 9.59 Å². The van der Waals surface area contributed by atoms with E-state index < -0.39 is 5.91 Å². The SMILES string of the molecule is CC(=O)c1ccc(NC(=O)C(C#N)=Cc2ccc(OC(=O)C3CCCCC3)cc2)cc1. The molecule has 0 radical (unpaired) electrons. The predicted molar refractivity (Wildman–Crippen MR) is 117 cm³/mol. The third kappa shape index (κ3) is 6.13. The maximum absolute atomic E-state index is 12.4. The number of anilines is 1. The van der Waals surface area contributed by atoms with Crippen molar-refractivity contribution in [1.82, 2.24) is 0 Å². The van der Waals surface area contributed by atoms with E-state index in [9.17, 15) is 19.6 Å². The highest BCUT2D eigenvalue weighted by Crippen LogP contribution is 2.26. The van der Waals surface area contributed by atoms with E-state index in [4.69, 9.17) is 4.74 Å². The number of carbonyl (C=O) groups is 3. The van der Waals surface area contributed by atoms with E-state index in [0.29, 0.717) is 22.6 Å². The van der Waals surface area contributed by atoms with Gasteiger partial charge < -0.3 is 10.1 Å². The standard InChI is InChI=1S/C25H24N2O4/c1-17(28)19-9-11-22(12-10-19)27-24(29)21(16-26)15-18-7-13-23(14-8-18)31-25(30)20-5-3-2-4-6-20/h7-15,20H,2-6H2,1H3,(H,27,29). The molecule has 1 N–H and O–H groups in total. The molecule has 2 aromatic carbocycles. The zero-order valence-corrected chi connectivity index (χ0v) is 17.4. The number of carbonyl (C=O) groups excluding carboxylic acids is 3. The van der Waals surface area contributed by atoms with E-state index in [1.807, 2.05) is 6.07 Å². The first-order valence-corrected chi connectivity index (χ1v) is 10.3. The van der Waals surface area contributed by atoms with Gasteiger partial charge >= 0.3 is 5.97 Å². The molecule has 1 saturated carbocycles. The van der Waals surface area contributed by atoms with Crippen LogP contribution in [0.25, 0.3) is 6.08 Å². The summed E-state index contributed by atoms with van der Waals surface area (Å²) in [7, 11) is 0. The molecule has 31 heavy (non-hydrogen) atoms. The van der Waals surface area contributed by atoms with Crippen LogP contribution in [0.3, 0.4) is 0 Å². The normalized spacial score (nSPS) is 14.4. The summed E-state index contributed by atoms with van der Waals surface area (Å²) < 4.78 is 5.47. The Morgan fingerprint density at radius 2 is 1.65 bits per heavy atom. The highest BCUT2D eigenvalue weighted by molar-refractivity contribution is 6.09. The van der Waals surface area contributed by atoms with Gasteiger partial charge in [-0.2, -0.15) is 5.26 Å². The summed E-state index contributed by atoms with van der Waals surface area (Å²) in [5, 5.41) is 12.0. The first kappa shape index (κ1) is 22.0. The fourth-order valence-electron chi connectivity index (χ4n) is 3.47. The van der Waals surface area contributed by atoms with Gasteiger partial charge in [0.2, 0.25) is 0 Å². The topological polar surface area (TPSA) is 96.3 Å². The monoisotopic (exact) mass is 416 g/mol. The molecule has 0 heterocycles. The van der Waals surface area contributed by atoms with Gasteiger partial charge in [-0.05, 0) is 67.8 Å². The number of nitrogens with one attached hydrogen (secondary N) is 1. The molecule has 0 saturated heterocycles. The fourth-order valence-corrected chi connectivity index (χ4v) is 3.47. The maximum Gasteiger partial charge on any atom is 0.314 e. The summed E-state index contributed by atoms with van der Waals surface area (Å²) >= 11 is 0. The van der Waals surface area contributed by atoms with Crippen LogP contribution in [0.15, 0.2) is 54.1 Å². The second-order valence-corrected chi connectivity index (χ2v) is 7.58. The molecule has 6 nitrogen and oxygen atoms in total. The molecular weight excluding hydrogens is 392 g/mol. The Labute approximate surface area is 181 Å². The molecule has 0 bridgehead atoms. The second kappa shape index (κ2) is 10.4. The average molecular weight is 416 g/mol. The second-order valence-electron chi connectivity index (χ2n) is 7.58. The number of hydrogen-bond donors (Lipinski definition) is 1. The van der Waals surface area contributed by atoms with Crippen molar-refractivity contribution in [3.63, 3.8) is 0 Å². The molecule has 1 aliphatic rings. The summed E-state index contributed by atoms with van der Waals surface area (Å²) in [6.45, 7) is 1.46. The van der Waals surface area contributed by atoms with Crippen LogP contribution in [0, 0.1) is 17.2 Å². The minimum atomic E-state index is -0.550. The molecule has 0 spiro atoms. The van der Waals surface area contributed by atoms with E-state index in [-0.39, 0.29) is 23.2 Å². The number of rotatable bonds is 6. The fraction of sp³-hybridized carbons (Fsp3) is 0.280. The van der Waals surface area contributed by atoms with Crippen molar-refractivity contribution in [2.45, 2.75) is 39.0 Å². The van der Waals surface area contributed by atoms with Crippen LogP contribution in [0.2, 0.25) is 0 Å². The molecule has 1 aliphatic carbocycles. The molecule has 0 aliphatic heterocycles. The van der Waals surface area contributed by atoms with Gasteiger partial charge in [0.15, 0.2) is 5.78 Å². The minimum absolute atomic E-state index is 0.0354. The lowest BCUT2D eigenvalue weighted by molar-refractivity contribution is -0.140. The molecule has 2 aromatic rings. The predicted octanol–water partition coefficient (Wildman–Crippen LogP) is 4.92. The largest absolute Gasteiger partial charge is 0.426 e. The van der Waals surface area contributed by atoms with E-state index in [1.165, 1.54) is 19.4 Å². The number of benzene rings is 2. The van der Waals surface area contributed by atoms with Crippen molar-refractivity contribution in [3.8, 4) is 11.8 Å². The summed E-state index contributed by atoms with van der Waals surface area (Å²) in [6.07, 6.45) is 6.50. The molecule has 0 unspecified atom stereocenters. The van der Waals surface area contributed by atoms with Crippen LogP contribution in [0.5, 0.6) is 5.75 Å². The van der Waals surface area contributed by atoms with Gasteiger partial charge in [-0.15, -0.1) is 0 Å². The Kier molecular flexibility index (Phi) is 7.34. The summed E-state index contributed by atoms with van der Waals surface area (Å²) in [6, 6.07) is 15.0. The molecule has 0 atom stereocenters. The minimum Gasteiger partial charge on any atom is -0.426 e. The van der Waals surface area contributed by atoms with Crippen LogP contribution in [0.1, 0.15) is 54.9 Å². The Hall–Kier alpha value is -3.72. The Morgan fingerprint density at radius 1 is 1.00 bits per heavy atom. The highest BCUT2D eigenvalue weighted by Gasteiger charge is 2.22. The third-order valence-corrected chi connectivity index (χ3v) is 5.26. The zero-order chi connectivity index (χ0) is 22.2. The molecule has 1 fully saturated rings. The zero-order valence-electron chi connectivity index (χ0n) is 17.4. The van der Waals surface area contributed by atoms with Crippen molar-refractivity contribution in [2.24, 2.45) is 5.92 Å². The van der Waals surface area contributed by atoms with Crippen LogP contribution >= 0.6 is 0 Å². The number of Topliss-reactive ketones (excluding diaryl/α,β-unsaturated/α-hetero) is 1. The summed E-state index contributed by atoms with van der Waals surface area (Å²) in [5.74, 6) is -0.405. The number of esters is 1. The number of hydrogen-bond acceptors (Lipinski definition) is 5. The molecule has 158 valence electrons. The van der Waals surface area contributed by atoms with E-state index in [2.05, 4.69) is 5.32 Å². The van der Waals surface area contributed by atoms with Crippen molar-refractivity contribution >= 4 is 29.4 Å². The van der Waals surface area contributed by atoms with Gasteiger partial charge in [-0.1, -0.05) is 31.4 Å². The van der Waals surface area contributed by atoms with Crippen molar-refractivity contribution in [1.29, 1.82) is 5.26 Å². The number of nitrogens with zero attached hydrogens (tertiary/aromatic N) is 1. The van der Waals surface area contributed by atoms with Crippen LogP contribution in [0.4, 0.5) is 5.69 Å². The smallest absolute Gasteiger partial charge is 0.314 e. The van der Waals surface area contributed by atoms with Crippen molar-refractivity contribution in [2.75, 3.05) is 5.32 Å². The number of nitriles is 1. The Balaban J connectivity index is 1.63. The quantitative estimate of drug-likeness (QED) is 0.237. The van der Waals surface area contributed by atoms with Crippen molar-refractivity contribution < 1.29 is 19.1 Å². The highest BCUT2D eigenvalue weighted by atomic mass is 16.5. The molecule has 1 amide bonds. The molecule has 0 aromatic heterocycles. The molecule has 3 rings (SSSR count). The van der Waals surface area contributed by atoms with Gasteiger partial charge in [-0.25, -0.2) is 0 Å². The lowest BCUT2D eigenvalue weighted by Crippen LogP contribution is -2.22. The maximum atomic E-state index is 12.4. The Bertz CT molecular complexity index is 1020. The molecule has 6 heteroatoms. The number of ketones is 1. The summed E-state index contributed by atoms with van der Waals surface area (Å²) in [4.78, 5) is 36.0. The van der Waals surface area contributed by atoms with E-state index >= 15 is 0 Å². The molecular formula is C25H24N2O4. The Morgan fingerprint density at radius 3 is 2.23 bits per heavy atom. The van der Waals surface area contributed by atoms with Crippen LogP contribution < -0.4 is 10.1 Å². The van der Waals surface area contributed by atoms with Gasteiger partial charge in [0.25, 0.3) is 5.91 Å². The van der Waals surface area contributed by atoms with E-state index in [1.54, 1.807) is 48.5 Å². The van der Waals surface area contributed by atoms with Gasteiger partial charge in [0.05, 0.1) is 5.92 Å².